The van der Waals surface area contributed by atoms with Crippen molar-refractivity contribution in [3.8, 4) is 5.69 Å². The van der Waals surface area contributed by atoms with Crippen LogP contribution in [-0.2, 0) is 0 Å². The lowest BCUT2D eigenvalue weighted by Gasteiger charge is -2.04. The van der Waals surface area contributed by atoms with Crippen molar-refractivity contribution in [2.45, 2.75) is 13.8 Å². The summed E-state index contributed by atoms with van der Waals surface area (Å²) in [5.41, 5.74) is 3.76. The molecule has 1 heterocycles. The van der Waals surface area contributed by atoms with E-state index in [4.69, 9.17) is 11.6 Å². The van der Waals surface area contributed by atoms with E-state index in [0.29, 0.717) is 15.6 Å². The molecule has 0 bridgehead atoms. The average Bonchev–Trinajstić information content (AvgIpc) is 2.80. The minimum absolute atomic E-state index is 0.141. The fourth-order valence-corrected chi connectivity index (χ4v) is 2.63. The van der Waals surface area contributed by atoms with E-state index < -0.39 is 0 Å². The SMILES string of the molecule is C=c1[nH]n(-c2ccc(C)c(C)c2)c(=O)c1=Cc1ccccc1Cl. The molecule has 0 amide bonds. The number of hydrogen-bond donors (Lipinski definition) is 1. The Kier molecular flexibility index (Phi) is 3.97. The molecule has 0 radical (unpaired) electrons. The molecule has 4 heteroatoms. The number of nitrogens with one attached hydrogen (secondary N) is 1. The zero-order chi connectivity index (χ0) is 16.6. The van der Waals surface area contributed by atoms with Crippen LogP contribution < -0.4 is 16.1 Å². The highest BCUT2D eigenvalue weighted by Crippen LogP contribution is 2.15. The summed E-state index contributed by atoms with van der Waals surface area (Å²) in [5.74, 6) is 0. The van der Waals surface area contributed by atoms with E-state index in [1.54, 1.807) is 12.1 Å². The van der Waals surface area contributed by atoms with Crippen LogP contribution in [0, 0.1) is 13.8 Å². The molecule has 0 aliphatic carbocycles. The first-order chi connectivity index (χ1) is 11.0. The van der Waals surface area contributed by atoms with Crippen molar-refractivity contribution in [3.05, 3.63) is 85.1 Å². The van der Waals surface area contributed by atoms with Crippen molar-refractivity contribution in [1.82, 2.24) is 9.78 Å². The molecule has 0 atom stereocenters. The van der Waals surface area contributed by atoms with Crippen LogP contribution in [0.2, 0.25) is 5.02 Å². The van der Waals surface area contributed by atoms with E-state index in [1.807, 2.05) is 50.2 Å². The third kappa shape index (κ3) is 2.88. The van der Waals surface area contributed by atoms with Crippen LogP contribution in [0.1, 0.15) is 16.7 Å². The Labute approximate surface area is 139 Å². The minimum atomic E-state index is -0.141. The number of nitrogens with zero attached hydrogens (tertiary/aromatic N) is 1. The largest absolute Gasteiger partial charge is 0.291 e. The topological polar surface area (TPSA) is 37.8 Å². The van der Waals surface area contributed by atoms with E-state index in [0.717, 1.165) is 16.8 Å². The van der Waals surface area contributed by atoms with Gasteiger partial charge in [-0.25, -0.2) is 4.68 Å². The van der Waals surface area contributed by atoms with Gasteiger partial charge in [0.2, 0.25) is 0 Å². The third-order valence-corrected chi connectivity index (χ3v) is 4.30. The highest BCUT2D eigenvalue weighted by molar-refractivity contribution is 6.32. The summed E-state index contributed by atoms with van der Waals surface area (Å²) in [6.07, 6.45) is 1.76. The predicted octanol–water partition coefficient (Wildman–Crippen LogP) is 2.67. The maximum atomic E-state index is 12.7. The fraction of sp³-hybridized carbons (Fsp3) is 0.105. The number of hydrogen-bond acceptors (Lipinski definition) is 1. The molecule has 1 aromatic heterocycles. The molecule has 3 rings (SSSR count). The lowest BCUT2D eigenvalue weighted by Crippen LogP contribution is -2.34. The van der Waals surface area contributed by atoms with Crippen molar-refractivity contribution < 1.29 is 0 Å². The molecule has 1 N–H and O–H groups in total. The summed E-state index contributed by atoms with van der Waals surface area (Å²) < 4.78 is 1.51. The maximum absolute atomic E-state index is 12.7. The quantitative estimate of drug-likeness (QED) is 0.773. The van der Waals surface area contributed by atoms with Crippen molar-refractivity contribution in [1.29, 1.82) is 0 Å². The van der Waals surface area contributed by atoms with Crippen LogP contribution in [0.3, 0.4) is 0 Å². The number of aryl methyl sites for hydroxylation is 2. The lowest BCUT2D eigenvalue weighted by molar-refractivity contribution is 0.837. The van der Waals surface area contributed by atoms with Gasteiger partial charge in [0.05, 0.1) is 16.3 Å². The van der Waals surface area contributed by atoms with E-state index in [-0.39, 0.29) is 5.56 Å². The van der Waals surface area contributed by atoms with Gasteiger partial charge in [0.25, 0.3) is 5.56 Å². The number of benzene rings is 2. The van der Waals surface area contributed by atoms with Crippen molar-refractivity contribution in [3.63, 3.8) is 0 Å². The molecule has 3 nitrogen and oxygen atoms in total. The van der Waals surface area contributed by atoms with Crippen molar-refractivity contribution in [2.24, 2.45) is 0 Å². The maximum Gasteiger partial charge on any atom is 0.279 e. The molecular formula is C19H17ClN2O. The Balaban J connectivity index is 2.21. The normalized spacial score (nSPS) is 11.9. The molecule has 116 valence electrons. The van der Waals surface area contributed by atoms with Gasteiger partial charge in [0.15, 0.2) is 0 Å². The Morgan fingerprint density at radius 2 is 1.87 bits per heavy atom. The second kappa shape index (κ2) is 5.94. The van der Waals surface area contributed by atoms with Gasteiger partial charge in [-0.1, -0.05) is 42.4 Å². The summed E-state index contributed by atoms with van der Waals surface area (Å²) in [6.45, 7) is 8.01. The minimum Gasteiger partial charge on any atom is -0.291 e. The number of aromatic amines is 1. The molecule has 0 unspecified atom stereocenters. The Morgan fingerprint density at radius 3 is 2.57 bits per heavy atom. The van der Waals surface area contributed by atoms with Crippen LogP contribution in [0.4, 0.5) is 0 Å². The molecule has 23 heavy (non-hydrogen) atoms. The monoisotopic (exact) mass is 324 g/mol. The highest BCUT2D eigenvalue weighted by Gasteiger charge is 2.06. The van der Waals surface area contributed by atoms with E-state index in [1.165, 1.54) is 10.2 Å². The second-order valence-electron chi connectivity index (χ2n) is 5.58. The molecule has 3 aromatic rings. The summed E-state index contributed by atoms with van der Waals surface area (Å²) >= 11 is 6.17. The Morgan fingerprint density at radius 1 is 1.13 bits per heavy atom. The molecule has 0 saturated heterocycles. The number of H-pyrrole nitrogens is 1. The average molecular weight is 325 g/mol. The van der Waals surface area contributed by atoms with Crippen LogP contribution in [-0.4, -0.2) is 9.78 Å². The smallest absolute Gasteiger partial charge is 0.279 e. The van der Waals surface area contributed by atoms with Gasteiger partial charge in [-0.15, -0.1) is 0 Å². The van der Waals surface area contributed by atoms with Gasteiger partial charge in [-0.05, 0) is 54.8 Å². The van der Waals surface area contributed by atoms with E-state index in [2.05, 4.69) is 11.7 Å². The van der Waals surface area contributed by atoms with Crippen LogP contribution in [0.5, 0.6) is 0 Å². The third-order valence-electron chi connectivity index (χ3n) is 3.96. The number of aromatic nitrogens is 2. The molecule has 0 aliphatic heterocycles. The molecule has 0 spiro atoms. The van der Waals surface area contributed by atoms with Gasteiger partial charge in [0, 0.05) is 5.02 Å². The number of halogens is 1. The molecule has 0 saturated carbocycles. The molecule has 0 fully saturated rings. The standard InChI is InChI=1S/C19H17ClN2O/c1-12-8-9-16(10-13(12)2)22-19(23)17(14(3)21-22)11-15-6-4-5-7-18(15)20/h4-11,21H,3H2,1-2H3. The Bertz CT molecular complexity index is 1040. The second-order valence-corrected chi connectivity index (χ2v) is 5.99. The zero-order valence-electron chi connectivity index (χ0n) is 13.1. The molecule has 0 aliphatic rings. The first-order valence-corrected chi connectivity index (χ1v) is 7.69. The Hall–Kier alpha value is -2.52. The first-order valence-electron chi connectivity index (χ1n) is 7.31. The fourth-order valence-electron chi connectivity index (χ4n) is 2.44. The van der Waals surface area contributed by atoms with E-state index >= 15 is 0 Å². The van der Waals surface area contributed by atoms with Gasteiger partial charge in [-0.3, -0.25) is 9.89 Å². The van der Waals surface area contributed by atoms with Gasteiger partial charge >= 0.3 is 0 Å². The van der Waals surface area contributed by atoms with Crippen LogP contribution >= 0.6 is 11.6 Å². The molecule has 2 aromatic carbocycles. The first kappa shape index (κ1) is 15.4. The summed E-state index contributed by atoms with van der Waals surface area (Å²) in [5, 5.41) is 4.71. The highest BCUT2D eigenvalue weighted by atomic mass is 35.5. The van der Waals surface area contributed by atoms with E-state index in [9.17, 15) is 4.79 Å². The van der Waals surface area contributed by atoms with Crippen molar-refractivity contribution in [2.75, 3.05) is 0 Å². The van der Waals surface area contributed by atoms with Gasteiger partial charge in [0.1, 0.15) is 0 Å². The molecular weight excluding hydrogens is 308 g/mol. The van der Waals surface area contributed by atoms with Crippen molar-refractivity contribution >= 4 is 24.3 Å². The predicted molar refractivity (Wildman–Crippen MR) is 95.7 cm³/mol. The summed E-state index contributed by atoms with van der Waals surface area (Å²) in [7, 11) is 0. The summed E-state index contributed by atoms with van der Waals surface area (Å²) in [4.78, 5) is 12.7. The van der Waals surface area contributed by atoms with Gasteiger partial charge < -0.3 is 0 Å². The van der Waals surface area contributed by atoms with Crippen LogP contribution in [0.25, 0.3) is 18.3 Å². The summed E-state index contributed by atoms with van der Waals surface area (Å²) in [6, 6.07) is 13.3. The lowest BCUT2D eigenvalue weighted by atomic mass is 10.1. The zero-order valence-corrected chi connectivity index (χ0v) is 13.8. The van der Waals surface area contributed by atoms with Crippen LogP contribution in [0.15, 0.2) is 47.3 Å². The number of rotatable bonds is 2. The van der Waals surface area contributed by atoms with Gasteiger partial charge in [-0.2, -0.15) is 0 Å².